The van der Waals surface area contributed by atoms with Crippen molar-refractivity contribution in [3.8, 4) is 0 Å². The Morgan fingerprint density at radius 3 is 2.25 bits per heavy atom. The fourth-order valence-corrected chi connectivity index (χ4v) is 4.62. The average molecular weight is 444 g/mol. The third-order valence-corrected chi connectivity index (χ3v) is 6.41. The lowest BCUT2D eigenvalue weighted by molar-refractivity contribution is -0.158. The maximum absolute atomic E-state index is 12.5. The van der Waals surface area contributed by atoms with Crippen LogP contribution in [-0.4, -0.2) is 67.5 Å². The second-order valence-corrected chi connectivity index (χ2v) is 8.53. The van der Waals surface area contributed by atoms with Gasteiger partial charge in [-0.25, -0.2) is 0 Å². The molecule has 0 aromatic heterocycles. The van der Waals surface area contributed by atoms with Gasteiger partial charge in [-0.05, 0) is 44.0 Å². The molecule has 0 radical (unpaired) electrons. The lowest BCUT2D eigenvalue weighted by Gasteiger charge is -2.28. The first-order chi connectivity index (χ1) is 15.4. The number of nitrogens with zero attached hydrogens (tertiary/aromatic N) is 2. The molecule has 0 spiro atoms. The summed E-state index contributed by atoms with van der Waals surface area (Å²) in [6, 6.07) is 7.42. The summed E-state index contributed by atoms with van der Waals surface area (Å²) in [6.07, 6.45) is 2.15. The number of rotatable bonds is 6. The van der Waals surface area contributed by atoms with Crippen molar-refractivity contribution in [2.24, 2.45) is 11.8 Å². The molecule has 1 aromatic rings. The molecule has 32 heavy (non-hydrogen) atoms. The Bertz CT molecular complexity index is 856. The van der Waals surface area contributed by atoms with Crippen LogP contribution in [0.4, 0.5) is 11.4 Å². The van der Waals surface area contributed by atoms with Crippen molar-refractivity contribution in [1.29, 1.82) is 0 Å². The van der Waals surface area contributed by atoms with Crippen LogP contribution in [0.5, 0.6) is 0 Å². The Kier molecular flexibility index (Phi) is 6.74. The number of benzene rings is 1. The highest BCUT2D eigenvalue weighted by Crippen LogP contribution is 2.37. The number of carbonyl (C=O) groups is 4. The Morgan fingerprint density at radius 1 is 1.06 bits per heavy atom. The molecule has 3 amide bonds. The van der Waals surface area contributed by atoms with Crippen molar-refractivity contribution in [3.63, 3.8) is 0 Å². The van der Waals surface area contributed by atoms with Gasteiger partial charge >= 0.3 is 5.97 Å². The summed E-state index contributed by atoms with van der Waals surface area (Å²) in [5, 5.41) is 2.72. The average Bonchev–Trinajstić information content (AvgIpc) is 3.05. The summed E-state index contributed by atoms with van der Waals surface area (Å²) >= 11 is 0. The monoisotopic (exact) mass is 443 g/mol. The quantitative estimate of drug-likeness (QED) is 0.526. The highest BCUT2D eigenvalue weighted by Gasteiger charge is 2.48. The number of nitrogens with one attached hydrogen (secondary N) is 1. The molecule has 9 nitrogen and oxygen atoms in total. The number of amides is 3. The van der Waals surface area contributed by atoms with E-state index in [0.29, 0.717) is 31.7 Å². The van der Waals surface area contributed by atoms with Gasteiger partial charge in [0, 0.05) is 24.5 Å². The Morgan fingerprint density at radius 2 is 1.66 bits per heavy atom. The molecule has 1 aromatic carbocycles. The molecule has 2 saturated heterocycles. The Labute approximate surface area is 187 Å². The molecule has 9 heteroatoms. The first kappa shape index (κ1) is 22.3. The fourth-order valence-electron chi connectivity index (χ4n) is 4.62. The molecule has 3 fully saturated rings. The Balaban J connectivity index is 1.27. The van der Waals surface area contributed by atoms with Crippen molar-refractivity contribution in [2.75, 3.05) is 43.1 Å². The maximum Gasteiger partial charge on any atom is 0.326 e. The Hall–Kier alpha value is -2.94. The van der Waals surface area contributed by atoms with E-state index in [0.717, 1.165) is 36.5 Å². The van der Waals surface area contributed by atoms with Gasteiger partial charge in [-0.15, -0.1) is 0 Å². The molecule has 172 valence electrons. The van der Waals surface area contributed by atoms with Crippen LogP contribution in [0.3, 0.4) is 0 Å². The van der Waals surface area contributed by atoms with E-state index in [4.69, 9.17) is 9.47 Å². The number of carbonyl (C=O) groups excluding carboxylic acids is 4. The van der Waals surface area contributed by atoms with Crippen LogP contribution < -0.4 is 10.2 Å². The van der Waals surface area contributed by atoms with Crippen LogP contribution in [-0.2, 0) is 28.7 Å². The van der Waals surface area contributed by atoms with Crippen molar-refractivity contribution >= 4 is 35.1 Å². The zero-order valence-electron chi connectivity index (χ0n) is 18.2. The predicted molar refractivity (Wildman–Crippen MR) is 116 cm³/mol. The van der Waals surface area contributed by atoms with Gasteiger partial charge in [0.2, 0.25) is 11.8 Å². The molecule has 1 saturated carbocycles. The highest BCUT2D eigenvalue weighted by molar-refractivity contribution is 6.07. The lowest BCUT2D eigenvalue weighted by atomic mass is 9.81. The van der Waals surface area contributed by atoms with Crippen molar-refractivity contribution in [2.45, 2.75) is 38.7 Å². The summed E-state index contributed by atoms with van der Waals surface area (Å²) in [4.78, 5) is 53.0. The minimum atomic E-state index is -1.06. The van der Waals surface area contributed by atoms with E-state index in [-0.39, 0.29) is 23.7 Å². The summed E-state index contributed by atoms with van der Waals surface area (Å²) in [7, 11) is 0. The number of fused-ring (bicyclic) bond motifs is 1. The van der Waals surface area contributed by atoms with Gasteiger partial charge in [0.15, 0.2) is 6.10 Å². The number of esters is 1. The minimum absolute atomic E-state index is 0.297. The summed E-state index contributed by atoms with van der Waals surface area (Å²) in [6.45, 7) is 4.04. The molecular weight excluding hydrogens is 414 g/mol. The second kappa shape index (κ2) is 9.68. The smallest absolute Gasteiger partial charge is 0.326 e. The topological polar surface area (TPSA) is 105 Å². The molecule has 2 heterocycles. The van der Waals surface area contributed by atoms with Crippen LogP contribution in [0.25, 0.3) is 0 Å². The zero-order valence-corrected chi connectivity index (χ0v) is 18.2. The second-order valence-electron chi connectivity index (χ2n) is 8.53. The van der Waals surface area contributed by atoms with E-state index in [1.165, 1.54) is 6.92 Å². The molecular formula is C23H29N3O6. The molecule has 1 N–H and O–H groups in total. The van der Waals surface area contributed by atoms with E-state index in [1.54, 1.807) is 12.1 Å². The van der Waals surface area contributed by atoms with Crippen molar-refractivity contribution in [1.82, 2.24) is 4.90 Å². The van der Waals surface area contributed by atoms with E-state index in [1.807, 2.05) is 12.1 Å². The number of ether oxygens (including phenoxy) is 2. The van der Waals surface area contributed by atoms with Gasteiger partial charge in [-0.3, -0.25) is 24.1 Å². The summed E-state index contributed by atoms with van der Waals surface area (Å²) < 4.78 is 10.5. The first-order valence-electron chi connectivity index (χ1n) is 11.2. The number of hydrogen-bond donors (Lipinski definition) is 1. The van der Waals surface area contributed by atoms with E-state index in [2.05, 4.69) is 10.2 Å². The predicted octanol–water partition coefficient (Wildman–Crippen LogP) is 1.57. The number of imide groups is 1. The molecule has 0 bridgehead atoms. The standard InChI is InChI=1S/C23H29N3O6/c1-15(21(28)24-16-6-8-17(9-7-16)25-10-12-31-13-11-25)32-20(27)14-26-22(29)18-4-2-3-5-19(18)23(26)30/h6-9,15,18-19H,2-5,10-14H2,1H3,(H,24,28)/t15-,18+,19+/m0/s1. The van der Waals surface area contributed by atoms with Crippen LogP contribution in [0.15, 0.2) is 24.3 Å². The third-order valence-electron chi connectivity index (χ3n) is 6.41. The largest absolute Gasteiger partial charge is 0.451 e. The molecule has 0 unspecified atom stereocenters. The SMILES string of the molecule is C[C@H](OC(=O)CN1C(=O)[C@@H]2CCCC[C@H]2C1=O)C(=O)Nc1ccc(N2CCOCC2)cc1. The summed E-state index contributed by atoms with van der Waals surface area (Å²) in [5.74, 6) is -2.47. The van der Waals surface area contributed by atoms with E-state index in [9.17, 15) is 19.2 Å². The highest BCUT2D eigenvalue weighted by atomic mass is 16.5. The molecule has 1 aliphatic carbocycles. The number of hydrogen-bond acceptors (Lipinski definition) is 7. The number of morpholine rings is 1. The fraction of sp³-hybridized carbons (Fsp3) is 0.565. The van der Waals surface area contributed by atoms with Gasteiger partial charge in [0.25, 0.3) is 5.91 Å². The molecule has 3 atom stereocenters. The van der Waals surface area contributed by atoms with E-state index >= 15 is 0 Å². The van der Waals surface area contributed by atoms with Gasteiger partial charge in [-0.1, -0.05) is 12.8 Å². The van der Waals surface area contributed by atoms with Gasteiger partial charge in [-0.2, -0.15) is 0 Å². The van der Waals surface area contributed by atoms with Crippen molar-refractivity contribution in [3.05, 3.63) is 24.3 Å². The third kappa shape index (κ3) is 4.77. The lowest BCUT2D eigenvalue weighted by Crippen LogP contribution is -2.39. The molecule has 2 aliphatic heterocycles. The summed E-state index contributed by atoms with van der Waals surface area (Å²) in [5.41, 5.74) is 1.63. The van der Waals surface area contributed by atoms with Gasteiger partial charge in [0.05, 0.1) is 25.0 Å². The zero-order chi connectivity index (χ0) is 22.7. The maximum atomic E-state index is 12.5. The van der Waals surface area contributed by atoms with Crippen LogP contribution in [0.1, 0.15) is 32.6 Å². The van der Waals surface area contributed by atoms with Gasteiger partial charge in [0.1, 0.15) is 6.54 Å². The van der Waals surface area contributed by atoms with Crippen molar-refractivity contribution < 1.29 is 28.7 Å². The first-order valence-corrected chi connectivity index (χ1v) is 11.2. The molecule has 4 rings (SSSR count). The number of anilines is 2. The molecule has 3 aliphatic rings. The normalized spacial score (nSPS) is 24.2. The van der Waals surface area contributed by atoms with Crippen LogP contribution >= 0.6 is 0 Å². The minimum Gasteiger partial charge on any atom is -0.451 e. The van der Waals surface area contributed by atoms with E-state index < -0.39 is 24.5 Å². The number of likely N-dealkylation sites (tertiary alicyclic amines) is 1. The van der Waals surface area contributed by atoms with Gasteiger partial charge < -0.3 is 19.7 Å². The van der Waals surface area contributed by atoms with Crippen LogP contribution in [0.2, 0.25) is 0 Å². The van der Waals surface area contributed by atoms with Crippen LogP contribution in [0, 0.1) is 11.8 Å².